The molecule has 1 nitrogen and oxygen atoms in total. The first kappa shape index (κ1) is 34.5. The Morgan fingerprint density at radius 3 is 1.67 bits per heavy atom. The van der Waals surface area contributed by atoms with Gasteiger partial charge in [0.15, 0.2) is 0 Å². The molecule has 0 aromatic heterocycles. The van der Waals surface area contributed by atoms with Gasteiger partial charge in [0.1, 0.15) is 5.75 Å². The zero-order valence-corrected chi connectivity index (χ0v) is 22.8. The van der Waals surface area contributed by atoms with Gasteiger partial charge in [-0.15, -0.1) is 31.7 Å². The minimum atomic E-state index is 0. The fourth-order valence-electron chi connectivity index (χ4n) is 2.60. The molecule has 27 heavy (non-hydrogen) atoms. The molecule has 0 amide bonds. The van der Waals surface area contributed by atoms with Gasteiger partial charge in [-0.2, -0.15) is 11.1 Å². The van der Waals surface area contributed by atoms with Gasteiger partial charge in [-0.05, 0) is 29.5 Å². The van der Waals surface area contributed by atoms with Crippen molar-refractivity contribution in [2.24, 2.45) is 5.92 Å². The maximum absolute atomic E-state index is 9.46. The van der Waals surface area contributed by atoms with Crippen molar-refractivity contribution in [3.05, 3.63) is 52.1 Å². The second-order valence-electron chi connectivity index (χ2n) is 7.50. The average Bonchev–Trinajstić information content (AvgIpc) is 2.69. The summed E-state index contributed by atoms with van der Waals surface area (Å²) in [6.45, 7) is 21.4. The number of rotatable bonds is 0. The predicted molar refractivity (Wildman–Crippen MR) is 123 cm³/mol. The van der Waals surface area contributed by atoms with Crippen molar-refractivity contribution in [1.82, 2.24) is 0 Å². The van der Waals surface area contributed by atoms with Crippen LogP contribution in [0.2, 0.25) is 13.1 Å². The number of benzene rings is 1. The van der Waals surface area contributed by atoms with Gasteiger partial charge in [-0.1, -0.05) is 72.7 Å². The van der Waals surface area contributed by atoms with E-state index in [0.29, 0.717) is 11.7 Å². The fraction of sp³-hybridized carbons (Fsp3) is 0.545. The molecular formula is C22H37Cl2OSiTi-. The Kier molecular flexibility index (Phi) is 20.3. The molecule has 0 heterocycles. The molecule has 154 valence electrons. The Balaban J connectivity index is -0.000000159. The van der Waals surface area contributed by atoms with Crippen molar-refractivity contribution in [1.29, 1.82) is 0 Å². The Morgan fingerprint density at radius 1 is 1.00 bits per heavy atom. The molecule has 0 spiro atoms. The molecule has 0 saturated carbocycles. The summed E-state index contributed by atoms with van der Waals surface area (Å²) >= 11 is 0. The third-order valence-electron chi connectivity index (χ3n) is 4.35. The van der Waals surface area contributed by atoms with E-state index in [1.54, 1.807) is 6.07 Å². The number of allylic oxidation sites excluding steroid dienone is 4. The van der Waals surface area contributed by atoms with Crippen molar-refractivity contribution >= 4 is 34.3 Å². The van der Waals surface area contributed by atoms with E-state index in [-0.39, 0.29) is 51.9 Å². The summed E-state index contributed by atoms with van der Waals surface area (Å²) in [5, 5.41) is 9.46. The zero-order chi connectivity index (χ0) is 19.1. The van der Waals surface area contributed by atoms with Gasteiger partial charge in [0.2, 0.25) is 0 Å². The molecular weight excluding hydrogens is 427 g/mol. The first-order chi connectivity index (χ1) is 11.0. The van der Waals surface area contributed by atoms with Crippen LogP contribution < -0.4 is 0 Å². The van der Waals surface area contributed by atoms with E-state index in [0.717, 1.165) is 15.1 Å². The Bertz CT molecular complexity index is 605. The second-order valence-corrected chi connectivity index (χ2v) is 8.50. The fourth-order valence-corrected chi connectivity index (χ4v) is 2.60. The number of halogens is 2. The van der Waals surface area contributed by atoms with E-state index in [4.69, 9.17) is 0 Å². The Labute approximate surface area is 198 Å². The van der Waals surface area contributed by atoms with Gasteiger partial charge in [-0.3, -0.25) is 6.08 Å². The molecule has 1 unspecified atom stereocenters. The number of hydrogen-bond donors (Lipinski definition) is 1. The standard InChI is InChI=1S/C11H16O.C9H13.C2H6Si.2ClH.Ti/c1-8-9(11(2,3)4)6-5-7-10(8)12;1-6-5-7(2)9(4)8(6)3;1-3-2;;;/h5-7,12H,1-4H3;6H,1-4H3;1-2H3;2*1H;/q;-1;;;;. The summed E-state index contributed by atoms with van der Waals surface area (Å²) in [7, 11) is 1.08. The molecule has 1 aromatic rings. The number of phenols is 1. The van der Waals surface area contributed by atoms with Crippen LogP contribution in [0.3, 0.4) is 0 Å². The summed E-state index contributed by atoms with van der Waals surface area (Å²) in [4.78, 5) is 0. The number of aromatic hydroxyl groups is 1. The van der Waals surface area contributed by atoms with Gasteiger partial charge in [0.25, 0.3) is 0 Å². The third-order valence-corrected chi connectivity index (χ3v) is 4.35. The van der Waals surface area contributed by atoms with E-state index >= 15 is 0 Å². The molecule has 1 aromatic carbocycles. The molecule has 2 radical (unpaired) electrons. The topological polar surface area (TPSA) is 20.2 Å². The van der Waals surface area contributed by atoms with Crippen LogP contribution in [0.5, 0.6) is 5.75 Å². The molecule has 0 fully saturated rings. The normalized spacial score (nSPS) is 14.9. The van der Waals surface area contributed by atoms with Gasteiger partial charge in [0.05, 0.1) is 0 Å². The predicted octanol–water partition coefficient (Wildman–Crippen LogP) is 7.35. The maximum Gasteiger partial charge on any atom is 0.118 e. The quantitative estimate of drug-likeness (QED) is 0.315. The van der Waals surface area contributed by atoms with E-state index in [9.17, 15) is 5.11 Å². The zero-order valence-electron chi connectivity index (χ0n) is 18.6. The van der Waals surface area contributed by atoms with Crippen LogP contribution in [0.4, 0.5) is 0 Å². The summed E-state index contributed by atoms with van der Waals surface area (Å²) in [6.07, 6.45) is 3.36. The SMILES string of the molecule is CC1=[C-]C(C)C(C)=C1C.C[Si]C.Cc1c(O)cccc1C(C)(C)C.Cl.Cl.[Ti]. The van der Waals surface area contributed by atoms with Crippen LogP contribution in [0.15, 0.2) is 34.9 Å². The molecule has 1 atom stereocenters. The van der Waals surface area contributed by atoms with Crippen LogP contribution in [-0.4, -0.2) is 14.6 Å². The molecule has 0 saturated heterocycles. The van der Waals surface area contributed by atoms with Crippen LogP contribution >= 0.6 is 24.8 Å². The second kappa shape index (κ2) is 15.9. The Morgan fingerprint density at radius 2 is 1.44 bits per heavy atom. The molecule has 1 N–H and O–H groups in total. The molecule has 0 aliphatic heterocycles. The molecule has 1 aliphatic rings. The summed E-state index contributed by atoms with van der Waals surface area (Å²) in [5.74, 6) is 0.951. The molecule has 5 heteroatoms. The van der Waals surface area contributed by atoms with Crippen molar-refractivity contribution in [2.45, 2.75) is 73.9 Å². The third kappa shape index (κ3) is 11.6. The van der Waals surface area contributed by atoms with Gasteiger partial charge >= 0.3 is 0 Å². The van der Waals surface area contributed by atoms with Crippen molar-refractivity contribution in [3.63, 3.8) is 0 Å². The van der Waals surface area contributed by atoms with Crippen molar-refractivity contribution in [3.8, 4) is 5.75 Å². The monoisotopic (exact) mass is 463 g/mol. The van der Waals surface area contributed by atoms with Crippen LogP contribution in [0, 0.1) is 18.9 Å². The Hall–Kier alpha value is 0.0112. The average molecular weight is 464 g/mol. The van der Waals surface area contributed by atoms with Gasteiger partial charge in [-0.25, -0.2) is 5.57 Å². The first-order valence-corrected chi connectivity index (χ1v) is 10.6. The van der Waals surface area contributed by atoms with Crippen molar-refractivity contribution < 1.29 is 26.8 Å². The van der Waals surface area contributed by atoms with E-state index in [1.165, 1.54) is 22.3 Å². The number of hydrogen-bond acceptors (Lipinski definition) is 1. The van der Waals surface area contributed by atoms with Crippen molar-refractivity contribution in [2.75, 3.05) is 0 Å². The van der Waals surface area contributed by atoms with Crippen LogP contribution in [0.25, 0.3) is 0 Å². The van der Waals surface area contributed by atoms with E-state index < -0.39 is 0 Å². The van der Waals surface area contributed by atoms with Gasteiger partial charge in [0, 0.05) is 31.2 Å². The maximum atomic E-state index is 9.46. The first-order valence-electron chi connectivity index (χ1n) is 8.62. The largest absolute Gasteiger partial charge is 0.508 e. The van der Waals surface area contributed by atoms with Crippen LogP contribution in [0.1, 0.15) is 59.6 Å². The molecule has 2 rings (SSSR count). The summed E-state index contributed by atoms with van der Waals surface area (Å²) < 4.78 is 0. The minimum absolute atomic E-state index is 0. The van der Waals surface area contributed by atoms with E-state index in [2.05, 4.69) is 73.7 Å². The summed E-state index contributed by atoms with van der Waals surface area (Å²) in [5.41, 5.74) is 6.56. The minimum Gasteiger partial charge on any atom is -0.508 e. The summed E-state index contributed by atoms with van der Waals surface area (Å²) in [6, 6.07) is 5.68. The van der Waals surface area contributed by atoms with E-state index in [1.807, 2.05) is 13.0 Å². The number of phenolic OH excluding ortho intramolecular Hbond substituents is 1. The van der Waals surface area contributed by atoms with Gasteiger partial charge < -0.3 is 5.11 Å². The molecule has 0 bridgehead atoms. The smallest absolute Gasteiger partial charge is 0.118 e. The van der Waals surface area contributed by atoms with Crippen LogP contribution in [-0.2, 0) is 27.1 Å². The molecule has 1 aliphatic carbocycles.